The highest BCUT2D eigenvalue weighted by Gasteiger charge is 2.30. The number of benzene rings is 2. The zero-order valence-electron chi connectivity index (χ0n) is 14.7. The molecule has 0 spiro atoms. The number of furan rings is 1. The molecule has 1 heterocycles. The summed E-state index contributed by atoms with van der Waals surface area (Å²) in [6.45, 7) is 3.79. The molecule has 0 aliphatic heterocycles. The molecule has 0 fully saturated rings. The lowest BCUT2D eigenvalue weighted by Gasteiger charge is -2.09. The van der Waals surface area contributed by atoms with Gasteiger partial charge in [0.2, 0.25) is 5.76 Å². The van der Waals surface area contributed by atoms with Crippen molar-refractivity contribution < 1.29 is 31.9 Å². The van der Waals surface area contributed by atoms with Crippen LogP contribution in [0.15, 0.2) is 46.9 Å². The number of hydrogen-bond acceptors (Lipinski definition) is 4. The molecule has 0 radical (unpaired) electrons. The SMILES string of the molecule is CCOc1ccc2oc(C(=O)OCc3cccc(C(F)(F)F)c3)c(C)c2c1. The molecule has 2 aromatic carbocycles. The molecule has 0 aliphatic carbocycles. The average molecular weight is 378 g/mol. The Balaban J connectivity index is 1.78. The third kappa shape index (κ3) is 4.07. The first-order valence-electron chi connectivity index (χ1n) is 8.28. The predicted molar refractivity (Wildman–Crippen MR) is 92.7 cm³/mol. The average Bonchev–Trinajstić information content (AvgIpc) is 2.96. The number of carbonyl (C=O) groups excluding carboxylic acids is 1. The lowest BCUT2D eigenvalue weighted by atomic mass is 10.1. The molecule has 0 atom stereocenters. The number of ether oxygens (including phenoxy) is 2. The zero-order chi connectivity index (χ0) is 19.6. The van der Waals surface area contributed by atoms with E-state index in [1.165, 1.54) is 12.1 Å². The Morgan fingerprint density at radius 2 is 1.93 bits per heavy atom. The highest BCUT2D eigenvalue weighted by atomic mass is 19.4. The Labute approximate surface area is 153 Å². The second kappa shape index (κ2) is 7.34. The largest absolute Gasteiger partial charge is 0.494 e. The number of fused-ring (bicyclic) bond motifs is 1. The van der Waals surface area contributed by atoms with Crippen LogP contribution in [0.25, 0.3) is 11.0 Å². The van der Waals surface area contributed by atoms with Crippen LogP contribution in [0.1, 0.15) is 34.2 Å². The molecule has 3 rings (SSSR count). The van der Waals surface area contributed by atoms with Gasteiger partial charge in [0.1, 0.15) is 17.9 Å². The fourth-order valence-electron chi connectivity index (χ4n) is 2.70. The predicted octanol–water partition coefficient (Wildman–Crippen LogP) is 5.52. The Hall–Kier alpha value is -2.96. The van der Waals surface area contributed by atoms with Gasteiger partial charge in [0.25, 0.3) is 0 Å². The van der Waals surface area contributed by atoms with Crippen molar-refractivity contribution in [3.63, 3.8) is 0 Å². The molecule has 27 heavy (non-hydrogen) atoms. The van der Waals surface area contributed by atoms with Crippen LogP contribution in [-0.4, -0.2) is 12.6 Å². The van der Waals surface area contributed by atoms with Gasteiger partial charge >= 0.3 is 12.1 Å². The fourth-order valence-corrected chi connectivity index (χ4v) is 2.70. The lowest BCUT2D eigenvalue weighted by molar-refractivity contribution is -0.137. The van der Waals surface area contributed by atoms with E-state index in [1.54, 1.807) is 25.1 Å². The molecule has 0 saturated heterocycles. The summed E-state index contributed by atoms with van der Waals surface area (Å²) in [5.74, 6) is -0.0671. The summed E-state index contributed by atoms with van der Waals surface area (Å²) in [4.78, 5) is 12.3. The molecular formula is C20H17F3O4. The lowest BCUT2D eigenvalue weighted by Crippen LogP contribution is -2.08. The number of halogens is 3. The van der Waals surface area contributed by atoms with Crippen molar-refractivity contribution >= 4 is 16.9 Å². The Morgan fingerprint density at radius 3 is 2.63 bits per heavy atom. The first-order valence-corrected chi connectivity index (χ1v) is 8.28. The number of hydrogen-bond donors (Lipinski definition) is 0. The molecule has 7 heteroatoms. The van der Waals surface area contributed by atoms with Crippen LogP contribution in [0.5, 0.6) is 5.75 Å². The maximum Gasteiger partial charge on any atom is 0.416 e. The molecule has 0 unspecified atom stereocenters. The van der Waals surface area contributed by atoms with Crippen LogP contribution >= 0.6 is 0 Å². The normalized spacial score (nSPS) is 11.6. The van der Waals surface area contributed by atoms with Crippen LogP contribution in [0.2, 0.25) is 0 Å². The molecule has 4 nitrogen and oxygen atoms in total. The van der Waals surface area contributed by atoms with Crippen LogP contribution in [0.4, 0.5) is 13.2 Å². The number of esters is 1. The van der Waals surface area contributed by atoms with Crippen LogP contribution in [-0.2, 0) is 17.5 Å². The van der Waals surface area contributed by atoms with Crippen molar-refractivity contribution in [1.82, 2.24) is 0 Å². The first-order chi connectivity index (χ1) is 12.8. The summed E-state index contributed by atoms with van der Waals surface area (Å²) in [6, 6.07) is 9.83. The van der Waals surface area contributed by atoms with Crippen LogP contribution in [0, 0.1) is 6.92 Å². The van der Waals surface area contributed by atoms with Crippen molar-refractivity contribution in [3.8, 4) is 5.75 Å². The third-order valence-corrected chi connectivity index (χ3v) is 4.03. The van der Waals surface area contributed by atoms with Gasteiger partial charge in [0.15, 0.2) is 0 Å². The maximum atomic E-state index is 12.8. The summed E-state index contributed by atoms with van der Waals surface area (Å²) >= 11 is 0. The summed E-state index contributed by atoms with van der Waals surface area (Å²) < 4.78 is 54.4. The van der Waals surface area contributed by atoms with Gasteiger partial charge in [-0.1, -0.05) is 12.1 Å². The topological polar surface area (TPSA) is 48.7 Å². The van der Waals surface area contributed by atoms with Crippen molar-refractivity contribution in [2.45, 2.75) is 26.6 Å². The van der Waals surface area contributed by atoms with E-state index in [2.05, 4.69) is 0 Å². The third-order valence-electron chi connectivity index (χ3n) is 4.03. The molecule has 1 aromatic heterocycles. The second-order valence-corrected chi connectivity index (χ2v) is 5.92. The van der Waals surface area contributed by atoms with E-state index in [1.807, 2.05) is 6.92 Å². The van der Waals surface area contributed by atoms with Gasteiger partial charge in [-0.05, 0) is 49.7 Å². The minimum Gasteiger partial charge on any atom is -0.494 e. The molecule has 0 saturated carbocycles. The van der Waals surface area contributed by atoms with Gasteiger partial charge in [-0.2, -0.15) is 13.2 Å². The van der Waals surface area contributed by atoms with Gasteiger partial charge in [-0.15, -0.1) is 0 Å². The van der Waals surface area contributed by atoms with Crippen LogP contribution < -0.4 is 4.74 Å². The molecule has 142 valence electrons. The minimum atomic E-state index is -4.45. The summed E-state index contributed by atoms with van der Waals surface area (Å²) in [5, 5.41) is 0.715. The number of aryl methyl sites for hydroxylation is 1. The van der Waals surface area contributed by atoms with Crippen LogP contribution in [0.3, 0.4) is 0 Å². The molecular weight excluding hydrogens is 361 g/mol. The Morgan fingerprint density at radius 1 is 1.15 bits per heavy atom. The fraction of sp³-hybridized carbons (Fsp3) is 0.250. The summed E-state index contributed by atoms with van der Waals surface area (Å²) in [5.41, 5.74) is 0.535. The van der Waals surface area contributed by atoms with E-state index < -0.39 is 17.7 Å². The number of rotatable bonds is 5. The molecule has 3 aromatic rings. The molecule has 0 N–H and O–H groups in total. The van der Waals surface area contributed by atoms with Crippen molar-refractivity contribution in [2.75, 3.05) is 6.61 Å². The van der Waals surface area contributed by atoms with Crippen molar-refractivity contribution in [2.24, 2.45) is 0 Å². The summed E-state index contributed by atoms with van der Waals surface area (Å²) in [7, 11) is 0. The first kappa shape index (κ1) is 18.8. The van der Waals surface area contributed by atoms with Gasteiger partial charge in [-0.25, -0.2) is 4.79 Å². The molecule has 0 aliphatic rings. The zero-order valence-corrected chi connectivity index (χ0v) is 14.7. The van der Waals surface area contributed by atoms with Crippen molar-refractivity contribution in [1.29, 1.82) is 0 Å². The highest BCUT2D eigenvalue weighted by Crippen LogP contribution is 2.31. The van der Waals surface area contributed by atoms with Gasteiger partial charge in [0.05, 0.1) is 12.2 Å². The Bertz CT molecular complexity index is 973. The van der Waals surface area contributed by atoms with E-state index in [0.717, 1.165) is 12.1 Å². The van der Waals surface area contributed by atoms with Gasteiger partial charge in [0, 0.05) is 10.9 Å². The minimum absolute atomic E-state index is 0.0191. The van der Waals surface area contributed by atoms with E-state index in [9.17, 15) is 18.0 Å². The van der Waals surface area contributed by atoms with E-state index >= 15 is 0 Å². The van der Waals surface area contributed by atoms with E-state index in [4.69, 9.17) is 13.9 Å². The highest BCUT2D eigenvalue weighted by molar-refractivity contribution is 5.96. The second-order valence-electron chi connectivity index (χ2n) is 5.92. The monoisotopic (exact) mass is 378 g/mol. The summed E-state index contributed by atoms with van der Waals surface area (Å²) in [6.07, 6.45) is -4.45. The number of alkyl halides is 3. The molecule has 0 amide bonds. The van der Waals surface area contributed by atoms with E-state index in [0.29, 0.717) is 28.9 Å². The smallest absolute Gasteiger partial charge is 0.416 e. The standard InChI is InChI=1S/C20H17F3O4/c1-3-25-15-7-8-17-16(10-15)12(2)18(27-17)19(24)26-11-13-5-4-6-14(9-13)20(21,22)23/h4-10H,3,11H2,1-2H3. The van der Waals surface area contributed by atoms with Gasteiger partial charge < -0.3 is 13.9 Å². The molecule has 0 bridgehead atoms. The Kier molecular flexibility index (Phi) is 5.12. The number of carbonyl (C=O) groups is 1. The van der Waals surface area contributed by atoms with Gasteiger partial charge in [-0.3, -0.25) is 0 Å². The maximum absolute atomic E-state index is 12.8. The van der Waals surface area contributed by atoms with E-state index in [-0.39, 0.29) is 17.9 Å². The van der Waals surface area contributed by atoms with Crippen molar-refractivity contribution in [3.05, 3.63) is 64.9 Å². The quantitative estimate of drug-likeness (QED) is 0.549.